The molecule has 0 unspecified atom stereocenters. The molecule has 2 aromatic carbocycles. The average molecular weight is 364 g/mol. The normalized spacial score (nSPS) is 16.1. The van der Waals surface area contributed by atoms with Gasteiger partial charge in [-0.2, -0.15) is 0 Å². The standard InChI is InChI=1S/C19H16N4O4/c24-17(11-23-18(25)14-7-3-4-8-15(14)20-21-23)22-10-13-6-2-1-5-12(13)9-16(22)19(26)27/h1-8,16H,9-11H2,(H,26,27)/t16-/m1/s1. The maximum atomic E-state index is 12.8. The van der Waals surface area contributed by atoms with E-state index in [0.717, 1.165) is 15.8 Å². The summed E-state index contributed by atoms with van der Waals surface area (Å²) in [5.41, 5.74) is 1.83. The summed E-state index contributed by atoms with van der Waals surface area (Å²) in [4.78, 5) is 38.3. The number of aliphatic carboxylic acids is 1. The van der Waals surface area contributed by atoms with Crippen LogP contribution in [0, 0.1) is 0 Å². The zero-order valence-corrected chi connectivity index (χ0v) is 14.3. The number of fused-ring (bicyclic) bond motifs is 2. The Kier molecular flexibility index (Phi) is 4.15. The fourth-order valence-electron chi connectivity index (χ4n) is 3.35. The number of hydrogen-bond acceptors (Lipinski definition) is 5. The molecule has 2 heterocycles. The van der Waals surface area contributed by atoms with E-state index in [2.05, 4.69) is 10.3 Å². The lowest BCUT2D eigenvalue weighted by Crippen LogP contribution is -2.50. The second kappa shape index (κ2) is 6.64. The summed E-state index contributed by atoms with van der Waals surface area (Å²) in [6, 6.07) is 13.2. The van der Waals surface area contributed by atoms with Gasteiger partial charge in [0.25, 0.3) is 5.56 Å². The van der Waals surface area contributed by atoms with E-state index in [4.69, 9.17) is 0 Å². The summed E-state index contributed by atoms with van der Waals surface area (Å²) in [6.45, 7) is -0.176. The van der Waals surface area contributed by atoms with Gasteiger partial charge in [-0.05, 0) is 23.3 Å². The van der Waals surface area contributed by atoms with Crippen molar-refractivity contribution in [2.24, 2.45) is 0 Å². The van der Waals surface area contributed by atoms with Gasteiger partial charge in [0.1, 0.15) is 18.1 Å². The smallest absolute Gasteiger partial charge is 0.326 e. The van der Waals surface area contributed by atoms with Crippen molar-refractivity contribution in [2.75, 3.05) is 0 Å². The van der Waals surface area contributed by atoms with Crippen molar-refractivity contribution < 1.29 is 14.7 Å². The molecule has 27 heavy (non-hydrogen) atoms. The Balaban J connectivity index is 1.65. The van der Waals surface area contributed by atoms with Crippen LogP contribution in [0.1, 0.15) is 11.1 Å². The molecule has 0 spiro atoms. The zero-order valence-electron chi connectivity index (χ0n) is 14.3. The topological polar surface area (TPSA) is 105 Å². The van der Waals surface area contributed by atoms with Crippen LogP contribution in [0.15, 0.2) is 53.3 Å². The molecular weight excluding hydrogens is 348 g/mol. The predicted molar refractivity (Wildman–Crippen MR) is 95.9 cm³/mol. The highest BCUT2D eigenvalue weighted by Crippen LogP contribution is 2.23. The van der Waals surface area contributed by atoms with Crippen molar-refractivity contribution in [3.05, 3.63) is 70.0 Å². The summed E-state index contributed by atoms with van der Waals surface area (Å²) >= 11 is 0. The number of carbonyl (C=O) groups excluding carboxylic acids is 1. The first-order valence-corrected chi connectivity index (χ1v) is 8.46. The maximum Gasteiger partial charge on any atom is 0.326 e. The van der Waals surface area contributed by atoms with Crippen LogP contribution in [0.3, 0.4) is 0 Å². The van der Waals surface area contributed by atoms with E-state index < -0.39 is 23.5 Å². The van der Waals surface area contributed by atoms with Gasteiger partial charge in [0.2, 0.25) is 5.91 Å². The van der Waals surface area contributed by atoms with Crippen LogP contribution < -0.4 is 5.56 Å². The number of aromatic nitrogens is 3. The van der Waals surface area contributed by atoms with E-state index in [0.29, 0.717) is 10.9 Å². The molecule has 0 saturated heterocycles. The van der Waals surface area contributed by atoms with Crippen LogP contribution in [0.25, 0.3) is 10.9 Å². The molecule has 136 valence electrons. The van der Waals surface area contributed by atoms with E-state index in [1.165, 1.54) is 4.90 Å². The average Bonchev–Trinajstić information content (AvgIpc) is 2.69. The third kappa shape index (κ3) is 3.05. The summed E-state index contributed by atoms with van der Waals surface area (Å²) in [5, 5.41) is 17.7. The van der Waals surface area contributed by atoms with Gasteiger partial charge in [-0.1, -0.05) is 41.6 Å². The molecule has 1 atom stereocenters. The molecule has 1 amide bonds. The minimum Gasteiger partial charge on any atom is -0.480 e. The van der Waals surface area contributed by atoms with E-state index in [1.54, 1.807) is 24.3 Å². The highest BCUT2D eigenvalue weighted by Gasteiger charge is 2.34. The van der Waals surface area contributed by atoms with E-state index in [9.17, 15) is 19.5 Å². The molecule has 4 rings (SSSR count). The van der Waals surface area contributed by atoms with E-state index in [1.807, 2.05) is 24.3 Å². The van der Waals surface area contributed by atoms with Crippen molar-refractivity contribution in [1.29, 1.82) is 0 Å². The van der Waals surface area contributed by atoms with Gasteiger partial charge in [-0.3, -0.25) is 9.59 Å². The first-order valence-electron chi connectivity index (χ1n) is 8.46. The van der Waals surface area contributed by atoms with Crippen LogP contribution in [-0.4, -0.2) is 42.9 Å². The molecule has 1 N–H and O–H groups in total. The second-order valence-electron chi connectivity index (χ2n) is 6.42. The highest BCUT2D eigenvalue weighted by molar-refractivity contribution is 5.84. The van der Waals surface area contributed by atoms with Gasteiger partial charge in [0, 0.05) is 13.0 Å². The molecule has 3 aromatic rings. The summed E-state index contributed by atoms with van der Waals surface area (Å²) in [6.07, 6.45) is 0.232. The van der Waals surface area contributed by atoms with Crippen molar-refractivity contribution in [2.45, 2.75) is 25.6 Å². The quantitative estimate of drug-likeness (QED) is 0.738. The van der Waals surface area contributed by atoms with E-state index in [-0.39, 0.29) is 19.5 Å². The fraction of sp³-hybridized carbons (Fsp3) is 0.211. The van der Waals surface area contributed by atoms with Crippen molar-refractivity contribution >= 4 is 22.8 Å². The molecule has 8 heteroatoms. The molecule has 0 fully saturated rings. The Hall–Kier alpha value is -3.55. The van der Waals surface area contributed by atoms with Crippen LogP contribution in [0.4, 0.5) is 0 Å². The van der Waals surface area contributed by atoms with E-state index >= 15 is 0 Å². The summed E-state index contributed by atoms with van der Waals surface area (Å²) in [5.74, 6) is -1.56. The van der Waals surface area contributed by atoms with Crippen LogP contribution in [0.5, 0.6) is 0 Å². The third-order valence-electron chi connectivity index (χ3n) is 4.77. The molecule has 0 radical (unpaired) electrons. The minimum atomic E-state index is -1.07. The highest BCUT2D eigenvalue weighted by atomic mass is 16.4. The molecule has 1 aliphatic rings. The molecule has 1 aliphatic heterocycles. The number of benzene rings is 2. The monoisotopic (exact) mass is 364 g/mol. The van der Waals surface area contributed by atoms with Crippen molar-refractivity contribution in [3.63, 3.8) is 0 Å². The number of rotatable bonds is 3. The minimum absolute atomic E-state index is 0.182. The second-order valence-corrected chi connectivity index (χ2v) is 6.42. The summed E-state index contributed by atoms with van der Waals surface area (Å²) < 4.78 is 0.976. The molecule has 0 saturated carbocycles. The first kappa shape index (κ1) is 16.9. The van der Waals surface area contributed by atoms with Gasteiger partial charge in [0.15, 0.2) is 0 Å². The van der Waals surface area contributed by atoms with Gasteiger partial charge >= 0.3 is 5.97 Å². The predicted octanol–water partition coefficient (Wildman–Crippen LogP) is 0.830. The Bertz CT molecular complexity index is 1110. The van der Waals surface area contributed by atoms with Gasteiger partial charge in [0.05, 0.1) is 5.39 Å². The lowest BCUT2D eigenvalue weighted by Gasteiger charge is -2.34. The molecule has 0 aliphatic carbocycles. The number of hydrogen-bond donors (Lipinski definition) is 1. The third-order valence-corrected chi connectivity index (χ3v) is 4.77. The van der Waals surface area contributed by atoms with Gasteiger partial charge in [-0.25, -0.2) is 9.48 Å². The number of carboxylic acids is 1. The Labute approximate surface area is 153 Å². The molecule has 0 bridgehead atoms. The van der Waals surface area contributed by atoms with Crippen LogP contribution in [-0.2, 0) is 29.1 Å². The SMILES string of the molecule is O=C(O)[C@H]1Cc2ccccc2CN1C(=O)Cn1nnc2ccccc2c1=O. The van der Waals surface area contributed by atoms with Crippen molar-refractivity contribution in [1.82, 2.24) is 19.9 Å². The number of carbonyl (C=O) groups is 2. The van der Waals surface area contributed by atoms with Gasteiger partial charge < -0.3 is 10.0 Å². The summed E-state index contributed by atoms with van der Waals surface area (Å²) in [7, 11) is 0. The van der Waals surface area contributed by atoms with Crippen molar-refractivity contribution in [3.8, 4) is 0 Å². The lowest BCUT2D eigenvalue weighted by molar-refractivity contribution is -0.151. The molecular formula is C19H16N4O4. The number of carboxylic acid groups (broad SMARTS) is 1. The lowest BCUT2D eigenvalue weighted by atomic mass is 9.94. The fourth-order valence-corrected chi connectivity index (χ4v) is 3.35. The first-order chi connectivity index (χ1) is 13.0. The Morgan fingerprint density at radius 2 is 1.78 bits per heavy atom. The maximum absolute atomic E-state index is 12.8. The van der Waals surface area contributed by atoms with Gasteiger partial charge in [-0.15, -0.1) is 5.10 Å². The number of nitrogens with zero attached hydrogens (tertiary/aromatic N) is 4. The largest absolute Gasteiger partial charge is 0.480 e. The Morgan fingerprint density at radius 1 is 1.07 bits per heavy atom. The van der Waals surface area contributed by atoms with Crippen LogP contribution >= 0.6 is 0 Å². The molecule has 1 aromatic heterocycles. The number of amides is 1. The zero-order chi connectivity index (χ0) is 19.0. The Morgan fingerprint density at radius 3 is 2.56 bits per heavy atom. The molecule has 8 nitrogen and oxygen atoms in total. The van der Waals surface area contributed by atoms with Crippen LogP contribution in [0.2, 0.25) is 0 Å².